The lowest BCUT2D eigenvalue weighted by Crippen LogP contribution is -2.24. The van der Waals surface area contributed by atoms with Gasteiger partial charge in [-0.3, -0.25) is 20.0 Å². The first-order valence-corrected chi connectivity index (χ1v) is 12.0. The Morgan fingerprint density at radius 1 is 0.944 bits per heavy atom. The standard InChI is InChI=1S/C27H27F3N6/c1-18(33-23-12-22(15-32-16-23)27(28,29)30)26-24-11-20(6-7-25(24)34-35-26)21-10-19(13-31-14-21)17-36-8-4-2-3-5-9-36/h6-7,10-16,33H,1-5,8-9,17H2,(H,34,35). The molecule has 1 aliphatic rings. The van der Waals surface area contributed by atoms with Crippen molar-refractivity contribution in [3.05, 3.63) is 78.5 Å². The van der Waals surface area contributed by atoms with Crippen LogP contribution < -0.4 is 5.32 Å². The predicted octanol–water partition coefficient (Wildman–Crippen LogP) is 6.50. The van der Waals surface area contributed by atoms with Crippen LogP contribution in [-0.2, 0) is 12.7 Å². The number of alkyl halides is 3. The number of benzene rings is 1. The van der Waals surface area contributed by atoms with E-state index in [0.29, 0.717) is 11.4 Å². The number of halogens is 3. The summed E-state index contributed by atoms with van der Waals surface area (Å²) in [6, 6.07) is 9.10. The lowest BCUT2D eigenvalue weighted by molar-refractivity contribution is -0.137. The molecule has 186 valence electrons. The number of likely N-dealkylation sites (tertiary alicyclic amines) is 1. The number of aromatic nitrogens is 4. The molecule has 1 saturated heterocycles. The third-order valence-corrected chi connectivity index (χ3v) is 6.44. The number of aromatic amines is 1. The molecule has 0 atom stereocenters. The van der Waals surface area contributed by atoms with E-state index in [1.807, 2.05) is 30.6 Å². The van der Waals surface area contributed by atoms with E-state index in [1.165, 1.54) is 37.4 Å². The lowest BCUT2D eigenvalue weighted by atomic mass is 10.0. The first-order valence-electron chi connectivity index (χ1n) is 12.0. The largest absolute Gasteiger partial charge is 0.417 e. The smallest absolute Gasteiger partial charge is 0.353 e. The molecular formula is C27H27F3N6. The maximum atomic E-state index is 13.1. The fraction of sp³-hybridized carbons (Fsp3) is 0.296. The van der Waals surface area contributed by atoms with Gasteiger partial charge in [0, 0.05) is 36.1 Å². The van der Waals surface area contributed by atoms with Crippen LogP contribution in [-0.4, -0.2) is 38.2 Å². The van der Waals surface area contributed by atoms with Crippen molar-refractivity contribution in [3.8, 4) is 11.1 Å². The summed E-state index contributed by atoms with van der Waals surface area (Å²) in [6.45, 7) is 7.12. The molecule has 0 amide bonds. The van der Waals surface area contributed by atoms with Gasteiger partial charge in [0.15, 0.2) is 0 Å². The summed E-state index contributed by atoms with van der Waals surface area (Å²) >= 11 is 0. The summed E-state index contributed by atoms with van der Waals surface area (Å²) < 4.78 is 39.2. The highest BCUT2D eigenvalue weighted by atomic mass is 19.4. The molecule has 0 spiro atoms. The van der Waals surface area contributed by atoms with Crippen molar-refractivity contribution in [2.45, 2.75) is 38.4 Å². The fourth-order valence-corrected chi connectivity index (χ4v) is 4.60. The fourth-order valence-electron chi connectivity index (χ4n) is 4.60. The van der Waals surface area contributed by atoms with Crippen molar-refractivity contribution in [2.75, 3.05) is 18.4 Å². The quantitative estimate of drug-likeness (QED) is 0.322. The van der Waals surface area contributed by atoms with Gasteiger partial charge in [-0.2, -0.15) is 18.3 Å². The van der Waals surface area contributed by atoms with Gasteiger partial charge >= 0.3 is 6.18 Å². The van der Waals surface area contributed by atoms with Crippen molar-refractivity contribution >= 4 is 22.3 Å². The molecule has 4 aromatic rings. The molecule has 0 unspecified atom stereocenters. The highest BCUT2D eigenvalue weighted by Crippen LogP contribution is 2.32. The zero-order chi connectivity index (χ0) is 25.1. The van der Waals surface area contributed by atoms with Crippen LogP contribution in [0.3, 0.4) is 0 Å². The Kier molecular flexibility index (Phi) is 6.73. The molecular weight excluding hydrogens is 465 g/mol. The minimum Gasteiger partial charge on any atom is -0.353 e. The van der Waals surface area contributed by atoms with E-state index >= 15 is 0 Å². The van der Waals surface area contributed by atoms with Gasteiger partial charge in [0.2, 0.25) is 0 Å². The van der Waals surface area contributed by atoms with E-state index in [2.05, 4.69) is 43.0 Å². The number of nitrogens with zero attached hydrogens (tertiary/aromatic N) is 4. The maximum Gasteiger partial charge on any atom is 0.417 e. The summed E-state index contributed by atoms with van der Waals surface area (Å²) in [7, 11) is 0. The average molecular weight is 493 g/mol. The summed E-state index contributed by atoms with van der Waals surface area (Å²) in [5, 5.41) is 11.0. The van der Waals surface area contributed by atoms with Gasteiger partial charge in [0.05, 0.1) is 28.7 Å². The van der Waals surface area contributed by atoms with E-state index in [-0.39, 0.29) is 5.69 Å². The van der Waals surface area contributed by atoms with Crippen LogP contribution in [0.4, 0.5) is 18.9 Å². The van der Waals surface area contributed by atoms with Gasteiger partial charge in [-0.05, 0) is 61.3 Å². The van der Waals surface area contributed by atoms with E-state index < -0.39 is 11.7 Å². The Balaban J connectivity index is 1.38. The van der Waals surface area contributed by atoms with Crippen LogP contribution in [0.1, 0.15) is 42.5 Å². The third-order valence-electron chi connectivity index (χ3n) is 6.44. The van der Waals surface area contributed by atoms with Crippen LogP contribution >= 0.6 is 0 Å². The molecule has 1 aromatic carbocycles. The number of fused-ring (bicyclic) bond motifs is 1. The van der Waals surface area contributed by atoms with Gasteiger partial charge in [-0.15, -0.1) is 0 Å². The molecule has 1 fully saturated rings. The van der Waals surface area contributed by atoms with E-state index in [4.69, 9.17) is 0 Å². The molecule has 0 saturated carbocycles. The van der Waals surface area contributed by atoms with Crippen molar-refractivity contribution in [2.24, 2.45) is 0 Å². The number of nitrogens with one attached hydrogen (secondary N) is 2. The number of hydrogen-bond acceptors (Lipinski definition) is 5. The minimum absolute atomic E-state index is 0.188. The molecule has 4 heterocycles. The zero-order valence-corrected chi connectivity index (χ0v) is 19.8. The summed E-state index contributed by atoms with van der Waals surface area (Å²) in [6.07, 6.45) is 6.47. The van der Waals surface area contributed by atoms with E-state index in [1.54, 1.807) is 0 Å². The second kappa shape index (κ2) is 10.1. The summed E-state index contributed by atoms with van der Waals surface area (Å²) in [5.41, 5.74) is 4.19. The molecule has 0 aliphatic carbocycles. The van der Waals surface area contributed by atoms with Crippen LogP contribution in [0.5, 0.6) is 0 Å². The van der Waals surface area contributed by atoms with E-state index in [9.17, 15) is 13.2 Å². The Hall–Kier alpha value is -3.72. The molecule has 1 aliphatic heterocycles. The van der Waals surface area contributed by atoms with Crippen molar-refractivity contribution in [1.29, 1.82) is 0 Å². The zero-order valence-electron chi connectivity index (χ0n) is 19.8. The highest BCUT2D eigenvalue weighted by Gasteiger charge is 2.31. The molecule has 9 heteroatoms. The molecule has 2 N–H and O–H groups in total. The minimum atomic E-state index is -4.48. The number of pyridine rings is 2. The Labute approximate surface area is 207 Å². The monoisotopic (exact) mass is 492 g/mol. The first-order chi connectivity index (χ1) is 17.4. The first kappa shape index (κ1) is 24.0. The van der Waals surface area contributed by atoms with Gasteiger partial charge in [0.25, 0.3) is 0 Å². The number of rotatable bonds is 6. The molecule has 5 rings (SSSR count). The molecule has 0 bridgehead atoms. The van der Waals surface area contributed by atoms with Crippen LogP contribution in [0, 0.1) is 0 Å². The third kappa shape index (κ3) is 5.41. The summed E-state index contributed by atoms with van der Waals surface area (Å²) in [4.78, 5) is 10.7. The topological polar surface area (TPSA) is 69.7 Å². The maximum absolute atomic E-state index is 13.1. The lowest BCUT2D eigenvalue weighted by Gasteiger charge is -2.19. The van der Waals surface area contributed by atoms with E-state index in [0.717, 1.165) is 53.9 Å². The SMILES string of the molecule is C=C(Nc1cncc(C(F)(F)F)c1)c1n[nH]c2ccc(-c3cncc(CN4CCCCCC4)c3)cc12. The van der Waals surface area contributed by atoms with Gasteiger partial charge in [0.1, 0.15) is 5.69 Å². The molecule has 0 radical (unpaired) electrons. The number of H-pyrrole nitrogens is 1. The number of hydrogen-bond donors (Lipinski definition) is 2. The second-order valence-corrected chi connectivity index (χ2v) is 9.17. The normalized spacial score (nSPS) is 15.1. The molecule has 6 nitrogen and oxygen atoms in total. The highest BCUT2D eigenvalue weighted by molar-refractivity contribution is 5.95. The van der Waals surface area contributed by atoms with Crippen molar-refractivity contribution < 1.29 is 13.2 Å². The Bertz CT molecular complexity index is 1370. The Morgan fingerprint density at radius 2 is 1.72 bits per heavy atom. The summed E-state index contributed by atoms with van der Waals surface area (Å²) in [5.74, 6) is 0. The number of anilines is 1. The second-order valence-electron chi connectivity index (χ2n) is 9.17. The van der Waals surface area contributed by atoms with Gasteiger partial charge in [-0.25, -0.2) is 0 Å². The van der Waals surface area contributed by atoms with Gasteiger partial charge in [-0.1, -0.05) is 25.5 Å². The molecule has 3 aromatic heterocycles. The van der Waals surface area contributed by atoms with Crippen LogP contribution in [0.2, 0.25) is 0 Å². The van der Waals surface area contributed by atoms with Crippen molar-refractivity contribution in [3.63, 3.8) is 0 Å². The van der Waals surface area contributed by atoms with Crippen molar-refractivity contribution in [1.82, 2.24) is 25.1 Å². The predicted molar refractivity (Wildman–Crippen MR) is 135 cm³/mol. The van der Waals surface area contributed by atoms with Gasteiger partial charge < -0.3 is 5.32 Å². The average Bonchev–Trinajstić information content (AvgIpc) is 3.12. The Morgan fingerprint density at radius 3 is 2.50 bits per heavy atom. The van der Waals surface area contributed by atoms with Crippen LogP contribution in [0.25, 0.3) is 27.7 Å². The molecule has 36 heavy (non-hydrogen) atoms. The van der Waals surface area contributed by atoms with Crippen LogP contribution in [0.15, 0.2) is 61.7 Å².